The average Bonchev–Trinajstić information content (AvgIpc) is 3.01. The van der Waals surface area contributed by atoms with Crippen LogP contribution in [0.5, 0.6) is 11.6 Å². The van der Waals surface area contributed by atoms with Crippen molar-refractivity contribution in [3.8, 4) is 11.6 Å². The Kier molecular flexibility index (Phi) is 8.76. The quantitative estimate of drug-likeness (QED) is 0.292. The van der Waals surface area contributed by atoms with Gasteiger partial charge in [-0.3, -0.25) is 9.59 Å². The molecule has 0 aliphatic carbocycles. The Morgan fingerprint density at radius 1 is 1.07 bits per heavy atom. The first-order valence-corrected chi connectivity index (χ1v) is 14.1. The van der Waals surface area contributed by atoms with Crippen LogP contribution in [0.2, 0.25) is 0 Å². The number of amides is 1. The van der Waals surface area contributed by atoms with Crippen molar-refractivity contribution >= 4 is 34.3 Å². The molecule has 1 aliphatic heterocycles. The summed E-state index contributed by atoms with van der Waals surface area (Å²) in [5, 5.41) is 19.8. The molecule has 1 atom stereocenters. The van der Waals surface area contributed by atoms with Gasteiger partial charge in [-0.1, -0.05) is 12.1 Å². The second-order valence-corrected chi connectivity index (χ2v) is 10.6. The van der Waals surface area contributed by atoms with E-state index in [0.717, 1.165) is 6.07 Å². The fourth-order valence-corrected chi connectivity index (χ4v) is 5.16. The monoisotopic (exact) mass is 604 g/mol. The molecular formula is C31H33FN6O6. The number of aliphatic hydroxyl groups is 1. The first-order chi connectivity index (χ1) is 21.0. The Hall–Kier alpha value is -5.04. The first-order valence-electron chi connectivity index (χ1n) is 14.1. The smallest absolute Gasteiger partial charge is 0.341 e. The summed E-state index contributed by atoms with van der Waals surface area (Å²) in [6.45, 7) is 5.90. The zero-order valence-electron chi connectivity index (χ0n) is 24.6. The lowest BCUT2D eigenvalue weighted by Crippen LogP contribution is -2.47. The topological polar surface area (TPSA) is 141 Å². The number of likely N-dealkylation sites (N-methyl/N-ethyl adjacent to an activating group) is 1. The van der Waals surface area contributed by atoms with Gasteiger partial charge in [-0.2, -0.15) is 0 Å². The summed E-state index contributed by atoms with van der Waals surface area (Å²) in [5.74, 6) is -0.568. The lowest BCUT2D eigenvalue weighted by molar-refractivity contribution is -0.128. The third-order valence-corrected chi connectivity index (χ3v) is 7.76. The number of pyridine rings is 1. The first kappa shape index (κ1) is 30.4. The van der Waals surface area contributed by atoms with Crippen LogP contribution in [-0.2, 0) is 11.3 Å². The lowest BCUT2D eigenvalue weighted by atomic mass is 10.1. The highest BCUT2D eigenvalue weighted by Crippen LogP contribution is 2.29. The van der Waals surface area contributed by atoms with Crippen molar-refractivity contribution in [2.24, 2.45) is 0 Å². The summed E-state index contributed by atoms with van der Waals surface area (Å²) >= 11 is 0. The minimum Gasteiger partial charge on any atom is -0.477 e. The second kappa shape index (κ2) is 12.7. The number of piperazine rings is 1. The zero-order valence-corrected chi connectivity index (χ0v) is 24.6. The van der Waals surface area contributed by atoms with Crippen molar-refractivity contribution in [3.05, 3.63) is 82.2 Å². The summed E-state index contributed by atoms with van der Waals surface area (Å²) in [4.78, 5) is 49.6. The Labute approximate surface area is 252 Å². The highest BCUT2D eigenvalue weighted by Gasteiger charge is 2.23. The average molecular weight is 605 g/mol. The predicted octanol–water partition coefficient (Wildman–Crippen LogP) is 3.28. The molecule has 0 bridgehead atoms. The van der Waals surface area contributed by atoms with Crippen LogP contribution in [0.25, 0.3) is 10.9 Å². The van der Waals surface area contributed by atoms with Gasteiger partial charge in [0.1, 0.15) is 29.3 Å². The number of carbonyl (C=O) groups is 2. The number of benzene rings is 2. The number of rotatable bonds is 9. The number of hydrogen-bond acceptors (Lipinski definition) is 9. The van der Waals surface area contributed by atoms with Crippen LogP contribution in [-0.4, -0.2) is 81.3 Å². The number of halogens is 1. The Balaban J connectivity index is 1.26. The van der Waals surface area contributed by atoms with E-state index in [9.17, 15) is 24.6 Å². The fraction of sp³-hybridized carbons (Fsp3) is 0.323. The molecule has 4 aromatic rings. The molecule has 1 saturated heterocycles. The number of carboxylic acid groups (broad SMARTS) is 1. The second-order valence-electron chi connectivity index (χ2n) is 10.6. The van der Waals surface area contributed by atoms with Crippen molar-refractivity contribution in [1.29, 1.82) is 0 Å². The van der Waals surface area contributed by atoms with Crippen LogP contribution >= 0.6 is 0 Å². The van der Waals surface area contributed by atoms with E-state index < -0.39 is 28.9 Å². The van der Waals surface area contributed by atoms with Gasteiger partial charge in [0.05, 0.1) is 23.9 Å². The Morgan fingerprint density at radius 2 is 1.75 bits per heavy atom. The maximum absolute atomic E-state index is 15.3. The highest BCUT2D eigenvalue weighted by molar-refractivity contribution is 5.93. The van der Waals surface area contributed by atoms with Crippen molar-refractivity contribution in [2.75, 3.05) is 49.6 Å². The largest absolute Gasteiger partial charge is 0.477 e. The molecule has 0 unspecified atom stereocenters. The van der Waals surface area contributed by atoms with Crippen LogP contribution < -0.4 is 20.0 Å². The van der Waals surface area contributed by atoms with Gasteiger partial charge in [0.2, 0.25) is 17.2 Å². The molecular weight excluding hydrogens is 571 g/mol. The van der Waals surface area contributed by atoms with Crippen molar-refractivity contribution in [1.82, 2.24) is 19.4 Å². The summed E-state index contributed by atoms with van der Waals surface area (Å²) in [7, 11) is 1.63. The molecule has 1 aliphatic rings. The van der Waals surface area contributed by atoms with Gasteiger partial charge >= 0.3 is 5.97 Å². The van der Waals surface area contributed by atoms with Crippen LogP contribution in [0.3, 0.4) is 0 Å². The van der Waals surface area contributed by atoms with Gasteiger partial charge in [-0.25, -0.2) is 19.2 Å². The number of aryl methyl sites for hydroxylation is 1. The standard InChI is InChI=1S/C31H33FN6O6/c1-4-36-16-23(31(42)43)30(41)22-13-24(32)26(14-25(22)36)37-9-11-38(12-10-37)28-15-29(34-18-33-28)44-21-7-5-20(6-8-21)27(40)17-35(3)19(2)39/h5-8,13-16,18,27,40H,4,9-12,17H2,1-3H3,(H,42,43)/t27-/m0/s1. The summed E-state index contributed by atoms with van der Waals surface area (Å²) in [5.41, 5.74) is 0.371. The number of aliphatic hydroxyl groups excluding tert-OH is 1. The maximum Gasteiger partial charge on any atom is 0.341 e. The number of anilines is 2. The molecule has 12 nitrogen and oxygen atoms in total. The minimum atomic E-state index is -1.35. The Bertz CT molecular complexity index is 1750. The molecule has 1 fully saturated rings. The van der Waals surface area contributed by atoms with Crippen LogP contribution in [0.15, 0.2) is 59.8 Å². The number of hydrogen-bond donors (Lipinski definition) is 2. The van der Waals surface area contributed by atoms with E-state index in [1.807, 2.05) is 16.7 Å². The van der Waals surface area contributed by atoms with Gasteiger partial charge < -0.3 is 34.2 Å². The van der Waals surface area contributed by atoms with Gasteiger partial charge in [0, 0.05) is 64.3 Å². The van der Waals surface area contributed by atoms with Gasteiger partial charge in [0.25, 0.3) is 0 Å². The molecule has 2 aromatic heterocycles. The third kappa shape index (κ3) is 6.32. The molecule has 5 rings (SSSR count). The number of carbonyl (C=O) groups excluding carboxylic acids is 1. The van der Waals surface area contributed by atoms with Crippen LogP contribution in [0, 0.1) is 5.82 Å². The van der Waals surface area contributed by atoms with Gasteiger partial charge in [-0.05, 0) is 36.8 Å². The SMILES string of the molecule is CCn1cc(C(=O)O)c(=O)c2cc(F)c(N3CCN(c4cc(Oc5ccc([C@@H](O)CN(C)C(C)=O)cc5)ncn4)CC3)cc21. The molecule has 44 heavy (non-hydrogen) atoms. The molecule has 1 amide bonds. The molecule has 13 heteroatoms. The Morgan fingerprint density at radius 3 is 2.39 bits per heavy atom. The van der Waals surface area contributed by atoms with E-state index in [-0.39, 0.29) is 17.8 Å². The third-order valence-electron chi connectivity index (χ3n) is 7.76. The fourth-order valence-electron chi connectivity index (χ4n) is 5.16. The molecule has 0 saturated carbocycles. The van der Waals surface area contributed by atoms with E-state index in [1.54, 1.807) is 48.0 Å². The summed E-state index contributed by atoms with van der Waals surface area (Å²) in [6, 6.07) is 11.3. The highest BCUT2D eigenvalue weighted by atomic mass is 19.1. The van der Waals surface area contributed by atoms with Crippen molar-refractivity contribution in [3.63, 3.8) is 0 Å². The number of carboxylic acids is 1. The molecule has 230 valence electrons. The van der Waals surface area contributed by atoms with E-state index in [1.165, 1.54) is 24.3 Å². The van der Waals surface area contributed by atoms with E-state index in [4.69, 9.17) is 4.74 Å². The molecule has 2 aromatic carbocycles. The summed E-state index contributed by atoms with van der Waals surface area (Å²) < 4.78 is 22.8. The maximum atomic E-state index is 15.3. The molecule has 2 N–H and O–H groups in total. The number of ether oxygens (including phenoxy) is 1. The van der Waals surface area contributed by atoms with Gasteiger partial charge in [0.15, 0.2) is 0 Å². The van der Waals surface area contributed by atoms with Crippen molar-refractivity contribution < 1.29 is 28.9 Å². The molecule has 0 spiro atoms. The molecule has 3 heterocycles. The van der Waals surface area contributed by atoms with Gasteiger partial charge in [-0.15, -0.1) is 0 Å². The van der Waals surface area contributed by atoms with E-state index >= 15 is 4.39 Å². The number of nitrogens with zero attached hydrogens (tertiary/aromatic N) is 6. The van der Waals surface area contributed by atoms with Crippen molar-refractivity contribution in [2.45, 2.75) is 26.5 Å². The van der Waals surface area contributed by atoms with E-state index in [2.05, 4.69) is 9.97 Å². The normalized spacial score (nSPS) is 14.0. The number of fused-ring (bicyclic) bond motifs is 1. The molecule has 0 radical (unpaired) electrons. The van der Waals surface area contributed by atoms with Crippen LogP contribution in [0.4, 0.5) is 15.9 Å². The predicted molar refractivity (Wildman–Crippen MR) is 162 cm³/mol. The minimum absolute atomic E-state index is 0.0338. The van der Waals surface area contributed by atoms with E-state index in [0.29, 0.717) is 66.9 Å². The van der Waals surface area contributed by atoms with Crippen LogP contribution in [0.1, 0.15) is 35.9 Å². The number of aromatic carboxylic acids is 1. The number of aromatic nitrogens is 3. The zero-order chi connectivity index (χ0) is 31.5. The lowest BCUT2D eigenvalue weighted by Gasteiger charge is -2.37. The summed E-state index contributed by atoms with van der Waals surface area (Å²) in [6.07, 6.45) is 1.88.